The van der Waals surface area contributed by atoms with Crippen molar-refractivity contribution in [3.63, 3.8) is 0 Å². The van der Waals surface area contributed by atoms with E-state index in [2.05, 4.69) is 35.9 Å². The Morgan fingerprint density at radius 2 is 1.25 bits per heavy atom. The Kier molecular flexibility index (Phi) is 18.4. The molecule has 6 heteroatoms. The predicted molar refractivity (Wildman–Crippen MR) is 80.6 cm³/mol. The molecule has 16 heavy (non-hydrogen) atoms. The Hall–Kier alpha value is 0.540. The van der Waals surface area contributed by atoms with E-state index in [1.165, 1.54) is 0 Å². The predicted octanol–water partition coefficient (Wildman–Crippen LogP) is -0.579. The van der Waals surface area contributed by atoms with Crippen LogP contribution in [0.5, 0.6) is 0 Å². The molecule has 0 saturated carbocycles. The molecule has 0 radical (unpaired) electrons. The molecule has 6 N–H and O–H groups in total. The second-order valence-electron chi connectivity index (χ2n) is 3.68. The molecule has 4 nitrogen and oxygen atoms in total. The van der Waals surface area contributed by atoms with Gasteiger partial charge in [0, 0.05) is 0 Å². The van der Waals surface area contributed by atoms with Crippen molar-refractivity contribution in [2.75, 3.05) is 51.8 Å². The van der Waals surface area contributed by atoms with Crippen LogP contribution in [0.25, 0.3) is 0 Å². The lowest BCUT2D eigenvalue weighted by molar-refractivity contribution is 0.524. The molecule has 0 amide bonds. The Balaban J connectivity index is 0. The summed E-state index contributed by atoms with van der Waals surface area (Å²) in [6, 6.07) is 0. The molecule has 0 atom stereocenters. The van der Waals surface area contributed by atoms with Crippen molar-refractivity contribution < 1.29 is 0 Å². The van der Waals surface area contributed by atoms with Crippen molar-refractivity contribution in [1.29, 1.82) is 0 Å². The maximum atomic E-state index is 5.26. The van der Waals surface area contributed by atoms with E-state index in [0.717, 1.165) is 24.6 Å². The number of nitrogens with two attached hydrogens (primary N) is 2. The maximum absolute atomic E-state index is 5.26. The number of nitrogens with one attached hydrogen (secondary N) is 2. The van der Waals surface area contributed by atoms with Crippen LogP contribution in [-0.2, 0) is 0 Å². The summed E-state index contributed by atoms with van der Waals surface area (Å²) in [5.74, 6) is 2.81. The zero-order valence-electron chi connectivity index (χ0n) is 10.4. The highest BCUT2D eigenvalue weighted by Crippen LogP contribution is 1.94. The Morgan fingerprint density at radius 1 is 0.875 bits per heavy atom. The lowest BCUT2D eigenvalue weighted by atomic mass is 10.2. The molecule has 0 rings (SSSR count). The molecule has 0 aromatic carbocycles. The second-order valence-corrected chi connectivity index (χ2v) is 4.41. The fraction of sp³-hybridized carbons (Fsp3) is 1.00. The second kappa shape index (κ2) is 15.5. The molecular weight excluding hydrogens is 240 g/mol. The Labute approximate surface area is 111 Å². The van der Waals surface area contributed by atoms with E-state index in [1.54, 1.807) is 0 Å². The fourth-order valence-electron chi connectivity index (χ4n) is 1.02. The smallest absolute Gasteiger partial charge is 0.000356 e. The third-order valence-electron chi connectivity index (χ3n) is 2.17. The number of hydrogen-bond donors (Lipinski definition) is 6. The van der Waals surface area contributed by atoms with Crippen LogP contribution < -0.4 is 22.1 Å². The van der Waals surface area contributed by atoms with Gasteiger partial charge >= 0.3 is 0 Å². The van der Waals surface area contributed by atoms with Gasteiger partial charge < -0.3 is 22.1 Å². The molecule has 0 saturated heterocycles. The summed E-state index contributed by atoms with van der Waals surface area (Å²) in [5, 5.41) is 6.23. The van der Waals surface area contributed by atoms with Gasteiger partial charge in [-0.2, -0.15) is 25.3 Å². The van der Waals surface area contributed by atoms with Gasteiger partial charge in [-0.1, -0.05) is 0 Å². The molecule has 0 aliphatic rings. The molecule has 0 aromatic rings. The van der Waals surface area contributed by atoms with E-state index in [-0.39, 0.29) is 0 Å². The van der Waals surface area contributed by atoms with Gasteiger partial charge in [-0.05, 0) is 63.6 Å². The first-order chi connectivity index (χ1) is 7.69. The van der Waals surface area contributed by atoms with Gasteiger partial charge in [-0.3, -0.25) is 0 Å². The van der Waals surface area contributed by atoms with Crippen LogP contribution >= 0.6 is 25.3 Å². The Morgan fingerprint density at radius 3 is 1.38 bits per heavy atom. The number of hydrogen-bond acceptors (Lipinski definition) is 6. The topological polar surface area (TPSA) is 76.1 Å². The van der Waals surface area contributed by atoms with Crippen LogP contribution in [-0.4, -0.2) is 51.8 Å². The molecule has 0 fully saturated rings. The summed E-state index contributed by atoms with van der Waals surface area (Å²) in [5.41, 5.74) is 10.5. The first-order valence-electron chi connectivity index (χ1n) is 5.61. The van der Waals surface area contributed by atoms with Crippen LogP contribution in [0.4, 0.5) is 0 Å². The summed E-state index contributed by atoms with van der Waals surface area (Å²) in [4.78, 5) is 0. The number of rotatable bonds is 8. The third-order valence-corrected chi connectivity index (χ3v) is 3.20. The fourth-order valence-corrected chi connectivity index (χ4v) is 1.58. The lowest BCUT2D eigenvalue weighted by Crippen LogP contribution is -2.28. The van der Waals surface area contributed by atoms with Crippen molar-refractivity contribution in [3.05, 3.63) is 0 Å². The average molecular weight is 268 g/mol. The molecule has 0 aliphatic carbocycles. The zero-order valence-corrected chi connectivity index (χ0v) is 12.2. The Bertz CT molecular complexity index is 112. The molecule has 0 bridgehead atoms. The van der Waals surface area contributed by atoms with Crippen molar-refractivity contribution in [2.24, 2.45) is 23.3 Å². The SMILES string of the molecule is CNCC(CS)CNC.NCC(CN)CS. The van der Waals surface area contributed by atoms with Crippen LogP contribution in [0.1, 0.15) is 0 Å². The largest absolute Gasteiger partial charge is 0.330 e. The highest BCUT2D eigenvalue weighted by Gasteiger charge is 2.01. The highest BCUT2D eigenvalue weighted by molar-refractivity contribution is 7.80. The van der Waals surface area contributed by atoms with Crippen molar-refractivity contribution >= 4 is 25.3 Å². The van der Waals surface area contributed by atoms with Gasteiger partial charge in [0.15, 0.2) is 0 Å². The minimum Gasteiger partial charge on any atom is -0.330 e. The van der Waals surface area contributed by atoms with E-state index >= 15 is 0 Å². The zero-order chi connectivity index (χ0) is 12.8. The van der Waals surface area contributed by atoms with Crippen LogP contribution in [0.15, 0.2) is 0 Å². The normalized spacial score (nSPS) is 10.5. The van der Waals surface area contributed by atoms with E-state index in [9.17, 15) is 0 Å². The molecular formula is C10H28N4S2. The van der Waals surface area contributed by atoms with Crippen molar-refractivity contribution in [2.45, 2.75) is 0 Å². The van der Waals surface area contributed by atoms with E-state index in [4.69, 9.17) is 11.5 Å². The first-order valence-corrected chi connectivity index (χ1v) is 6.87. The van der Waals surface area contributed by atoms with E-state index in [0.29, 0.717) is 24.9 Å². The molecule has 0 heterocycles. The summed E-state index contributed by atoms with van der Waals surface area (Å²) in [6.07, 6.45) is 0. The van der Waals surface area contributed by atoms with Gasteiger partial charge in [-0.25, -0.2) is 0 Å². The van der Waals surface area contributed by atoms with Crippen LogP contribution in [0.3, 0.4) is 0 Å². The van der Waals surface area contributed by atoms with Crippen molar-refractivity contribution in [3.8, 4) is 0 Å². The van der Waals surface area contributed by atoms with Crippen LogP contribution in [0.2, 0.25) is 0 Å². The standard InChI is InChI=1S/C6H16N2S.C4H12N2S/c1-7-3-6(5-9)4-8-2;5-1-4(2-6)3-7/h6-9H,3-5H2,1-2H3;4,7H,1-3,5-6H2. The van der Waals surface area contributed by atoms with Gasteiger partial charge in [0.2, 0.25) is 0 Å². The van der Waals surface area contributed by atoms with Gasteiger partial charge in [0.25, 0.3) is 0 Å². The lowest BCUT2D eigenvalue weighted by Gasteiger charge is -2.11. The molecule has 0 unspecified atom stereocenters. The molecule has 100 valence electrons. The number of thiol groups is 2. The van der Waals surface area contributed by atoms with Crippen LogP contribution in [0, 0.1) is 11.8 Å². The van der Waals surface area contributed by atoms with Gasteiger partial charge in [0.05, 0.1) is 0 Å². The summed E-state index contributed by atoms with van der Waals surface area (Å²) in [6.45, 7) is 3.40. The average Bonchev–Trinajstić information content (AvgIpc) is 2.32. The van der Waals surface area contributed by atoms with E-state index in [1.807, 2.05) is 14.1 Å². The minimum atomic E-state index is 0.406. The van der Waals surface area contributed by atoms with Gasteiger partial charge in [0.1, 0.15) is 0 Å². The maximum Gasteiger partial charge on any atom is -0.000356 e. The van der Waals surface area contributed by atoms with Crippen molar-refractivity contribution in [1.82, 2.24) is 10.6 Å². The monoisotopic (exact) mass is 268 g/mol. The first kappa shape index (κ1) is 18.9. The molecule has 0 spiro atoms. The minimum absolute atomic E-state index is 0.406. The molecule has 0 aliphatic heterocycles. The third kappa shape index (κ3) is 12.6. The summed E-state index contributed by atoms with van der Waals surface area (Å²) in [7, 11) is 3.93. The van der Waals surface area contributed by atoms with E-state index < -0.39 is 0 Å². The quantitative estimate of drug-likeness (QED) is 0.333. The molecule has 0 aromatic heterocycles. The highest BCUT2D eigenvalue weighted by atomic mass is 32.1. The van der Waals surface area contributed by atoms with Gasteiger partial charge in [-0.15, -0.1) is 0 Å². The summed E-state index contributed by atoms with van der Waals surface area (Å²) >= 11 is 8.22. The summed E-state index contributed by atoms with van der Waals surface area (Å²) < 4.78 is 0.